The number of aromatic amines is 1. The van der Waals surface area contributed by atoms with Crippen molar-refractivity contribution < 1.29 is 14.9 Å². The largest absolute Gasteiger partial charge is 0.475 e. The molecule has 1 atom stereocenters. The van der Waals surface area contributed by atoms with Gasteiger partial charge in [-0.15, -0.1) is 12.6 Å². The number of hydrogen-bond acceptors (Lipinski definition) is 6. The predicted molar refractivity (Wildman–Crippen MR) is 71.6 cm³/mol. The molecule has 7 nitrogen and oxygen atoms in total. The molecule has 0 amide bonds. The fourth-order valence-electron chi connectivity index (χ4n) is 1.44. The minimum Gasteiger partial charge on any atom is -0.475 e. The highest BCUT2D eigenvalue weighted by Crippen LogP contribution is 2.27. The fourth-order valence-corrected chi connectivity index (χ4v) is 1.44. The van der Waals surface area contributed by atoms with Crippen LogP contribution in [0.15, 0.2) is 34.2 Å². The molecule has 3 N–H and O–H groups in total. The number of ether oxygens (including phenoxy) is 1. The summed E-state index contributed by atoms with van der Waals surface area (Å²) in [6, 6.07) is 1.30. The van der Waals surface area contributed by atoms with E-state index in [0.29, 0.717) is 12.2 Å². The number of allylic oxidation sites excluding steroid dienone is 1. The van der Waals surface area contributed by atoms with Crippen LogP contribution >= 0.6 is 12.6 Å². The van der Waals surface area contributed by atoms with E-state index < -0.39 is 16.4 Å². The number of aromatic nitrogens is 2. The van der Waals surface area contributed by atoms with Crippen LogP contribution < -0.4 is 11.2 Å². The van der Waals surface area contributed by atoms with Crippen LogP contribution in [0.5, 0.6) is 0 Å². The maximum absolute atomic E-state index is 11.3. The second-order valence-corrected chi connectivity index (χ2v) is 4.99. The van der Waals surface area contributed by atoms with E-state index in [1.807, 2.05) is 0 Å². The van der Waals surface area contributed by atoms with Gasteiger partial charge in [-0.3, -0.25) is 14.3 Å². The number of rotatable bonds is 1. The molecule has 0 aromatic carbocycles. The van der Waals surface area contributed by atoms with Gasteiger partial charge in [-0.2, -0.15) is 0 Å². The highest BCUT2D eigenvalue weighted by molar-refractivity contribution is 7.81. The van der Waals surface area contributed by atoms with Crippen LogP contribution in [0.2, 0.25) is 0 Å². The first-order valence-electron chi connectivity index (χ1n) is 5.50. The van der Waals surface area contributed by atoms with E-state index in [0.717, 1.165) is 13.3 Å². The Kier molecular flexibility index (Phi) is 4.98. The second kappa shape index (κ2) is 6.09. The zero-order valence-electron chi connectivity index (χ0n) is 10.4. The van der Waals surface area contributed by atoms with Crippen molar-refractivity contribution >= 4 is 12.6 Å². The van der Waals surface area contributed by atoms with Crippen molar-refractivity contribution in [1.82, 2.24) is 9.55 Å². The summed E-state index contributed by atoms with van der Waals surface area (Å²) in [4.78, 5) is 24.3. The van der Waals surface area contributed by atoms with Gasteiger partial charge in [-0.1, -0.05) is 6.58 Å². The summed E-state index contributed by atoms with van der Waals surface area (Å²) in [5.74, 6) is 0.674. The van der Waals surface area contributed by atoms with Gasteiger partial charge in [0, 0.05) is 25.1 Å². The first kappa shape index (κ1) is 15.5. The number of nitrogens with zero attached hydrogens (tertiary/aromatic N) is 1. The molecule has 1 aliphatic heterocycles. The van der Waals surface area contributed by atoms with Gasteiger partial charge in [0.05, 0.1) is 5.76 Å². The molecule has 2 rings (SSSR count). The molecule has 0 radical (unpaired) electrons. The molecule has 0 spiro atoms. The van der Waals surface area contributed by atoms with Crippen molar-refractivity contribution in [2.45, 2.75) is 31.1 Å². The van der Waals surface area contributed by atoms with Crippen LogP contribution in [-0.2, 0) is 4.74 Å². The molecule has 1 aromatic heterocycles. The number of thiol groups is 1. The number of nitrogens with one attached hydrogen (secondary N) is 1. The molecule has 1 aromatic rings. The van der Waals surface area contributed by atoms with Gasteiger partial charge in [0.15, 0.2) is 6.23 Å². The van der Waals surface area contributed by atoms with Gasteiger partial charge in [0.1, 0.15) is 0 Å². The molecule has 1 aliphatic rings. The molecule has 1 unspecified atom stereocenters. The van der Waals surface area contributed by atoms with Gasteiger partial charge in [-0.05, 0) is 6.92 Å². The van der Waals surface area contributed by atoms with Crippen molar-refractivity contribution in [1.29, 1.82) is 0 Å². The van der Waals surface area contributed by atoms with Crippen LogP contribution in [0.4, 0.5) is 0 Å². The standard InChI is InChI=1S/C9H10N2O3.C2H6O2S/c1-6-2-3-8(14-6)11-5-4-7(12)10-9(11)13;1-2(3,4)5/h4-5,8H,1-3H2,(H,10,12,13);3-5H,1H3. The number of hydrogen-bond donors (Lipinski definition) is 4. The van der Waals surface area contributed by atoms with Crippen LogP contribution in [0.1, 0.15) is 26.0 Å². The Labute approximate surface area is 114 Å². The van der Waals surface area contributed by atoms with E-state index in [1.165, 1.54) is 16.8 Å². The maximum atomic E-state index is 11.3. The highest BCUT2D eigenvalue weighted by atomic mass is 32.1. The molecular weight excluding hydrogens is 272 g/mol. The molecule has 0 saturated carbocycles. The molecule has 1 fully saturated rings. The lowest BCUT2D eigenvalue weighted by atomic mass is 10.3. The van der Waals surface area contributed by atoms with E-state index in [1.54, 1.807) is 0 Å². The van der Waals surface area contributed by atoms with E-state index in [2.05, 4.69) is 24.2 Å². The van der Waals surface area contributed by atoms with E-state index in [4.69, 9.17) is 14.9 Å². The van der Waals surface area contributed by atoms with Crippen molar-refractivity contribution in [3.63, 3.8) is 0 Å². The third kappa shape index (κ3) is 5.77. The van der Waals surface area contributed by atoms with E-state index in [9.17, 15) is 9.59 Å². The smallest absolute Gasteiger partial charge is 0.331 e. The highest BCUT2D eigenvalue weighted by Gasteiger charge is 2.21. The van der Waals surface area contributed by atoms with E-state index in [-0.39, 0.29) is 6.23 Å². The zero-order valence-corrected chi connectivity index (χ0v) is 11.3. The lowest BCUT2D eigenvalue weighted by molar-refractivity contribution is -0.0567. The quantitative estimate of drug-likeness (QED) is 0.428. The Bertz CT molecular complexity index is 551. The van der Waals surface area contributed by atoms with Gasteiger partial charge in [0.2, 0.25) is 5.12 Å². The summed E-state index contributed by atoms with van der Waals surface area (Å²) < 4.78 is 6.68. The third-order valence-electron chi connectivity index (χ3n) is 2.13. The minimum absolute atomic E-state index is 0.327. The molecule has 19 heavy (non-hydrogen) atoms. The lowest BCUT2D eigenvalue weighted by Crippen LogP contribution is -2.31. The first-order valence-corrected chi connectivity index (χ1v) is 5.94. The average Bonchev–Trinajstić information content (AvgIpc) is 2.62. The molecule has 8 heteroatoms. The zero-order chi connectivity index (χ0) is 14.6. The molecule has 106 valence electrons. The maximum Gasteiger partial charge on any atom is 0.331 e. The van der Waals surface area contributed by atoms with Crippen LogP contribution in [0.25, 0.3) is 0 Å². The average molecular weight is 288 g/mol. The van der Waals surface area contributed by atoms with Gasteiger partial charge < -0.3 is 14.9 Å². The van der Waals surface area contributed by atoms with Gasteiger partial charge >= 0.3 is 5.69 Å². The SMILES string of the molecule is C=C1CCC(n2ccc(=O)[nH]c2=O)O1.CC(O)(O)S. The first-order chi connectivity index (χ1) is 8.66. The summed E-state index contributed by atoms with van der Waals surface area (Å²) in [6.07, 6.45) is 2.57. The Morgan fingerprint density at radius 3 is 2.58 bits per heavy atom. The van der Waals surface area contributed by atoms with Crippen molar-refractivity contribution in [3.05, 3.63) is 45.4 Å². The van der Waals surface area contributed by atoms with Gasteiger partial charge in [0.25, 0.3) is 5.56 Å². The number of aliphatic hydroxyl groups is 2. The molecule has 1 saturated heterocycles. The van der Waals surface area contributed by atoms with Gasteiger partial charge in [-0.25, -0.2) is 4.79 Å². The Morgan fingerprint density at radius 1 is 1.58 bits per heavy atom. The number of H-pyrrole nitrogens is 1. The van der Waals surface area contributed by atoms with Crippen molar-refractivity contribution in [3.8, 4) is 0 Å². The summed E-state index contributed by atoms with van der Waals surface area (Å²) in [7, 11) is 0. The normalized spacial score (nSPS) is 18.5. The molecule has 0 bridgehead atoms. The molecule has 0 aliphatic carbocycles. The van der Waals surface area contributed by atoms with E-state index >= 15 is 0 Å². The van der Waals surface area contributed by atoms with Crippen molar-refractivity contribution in [2.24, 2.45) is 0 Å². The van der Waals surface area contributed by atoms with Crippen molar-refractivity contribution in [2.75, 3.05) is 0 Å². The van der Waals surface area contributed by atoms with Crippen LogP contribution in [0, 0.1) is 0 Å². The van der Waals surface area contributed by atoms with Crippen LogP contribution in [0.3, 0.4) is 0 Å². The third-order valence-corrected chi connectivity index (χ3v) is 2.13. The fraction of sp³-hybridized carbons (Fsp3) is 0.455. The Morgan fingerprint density at radius 2 is 2.16 bits per heavy atom. The summed E-state index contributed by atoms with van der Waals surface area (Å²) in [5.41, 5.74) is -0.847. The Hall–Kier alpha value is -1.51. The lowest BCUT2D eigenvalue weighted by Gasteiger charge is -2.12. The topological polar surface area (TPSA) is 105 Å². The monoisotopic (exact) mass is 288 g/mol. The second-order valence-electron chi connectivity index (χ2n) is 4.14. The molecule has 2 heterocycles. The summed E-state index contributed by atoms with van der Waals surface area (Å²) >= 11 is 3.23. The summed E-state index contributed by atoms with van der Waals surface area (Å²) in [5, 5.41) is 14.1. The molecular formula is C11H16N2O5S. The Balaban J connectivity index is 0.000000312. The predicted octanol–water partition coefficient (Wildman–Crippen LogP) is -0.0662. The van der Waals surface area contributed by atoms with Crippen LogP contribution in [-0.4, -0.2) is 24.9 Å². The summed E-state index contributed by atoms with van der Waals surface area (Å²) in [6.45, 7) is 4.83. The minimum atomic E-state index is -1.81.